The molecule has 0 saturated heterocycles. The highest BCUT2D eigenvalue weighted by Gasteiger charge is 2.45. The molecular weight excluding hydrogens is 338 g/mol. The summed E-state index contributed by atoms with van der Waals surface area (Å²) < 4.78 is 18.2. The molecule has 0 spiro atoms. The first-order valence-electron chi connectivity index (χ1n) is 9.41. The predicted molar refractivity (Wildman–Crippen MR) is 109 cm³/mol. The highest BCUT2D eigenvalue weighted by atomic mass is 16.6. The number of benzene rings is 2. The first-order valence-corrected chi connectivity index (χ1v) is 9.41. The predicted octanol–water partition coefficient (Wildman–Crippen LogP) is 5.12. The zero-order chi connectivity index (χ0) is 19.3. The summed E-state index contributed by atoms with van der Waals surface area (Å²) in [5.74, 6) is 0.850. The van der Waals surface area contributed by atoms with Gasteiger partial charge in [-0.2, -0.15) is 0 Å². The molecule has 3 rings (SSSR count). The first-order chi connectivity index (χ1) is 13.0. The third-order valence-corrected chi connectivity index (χ3v) is 4.85. The molecule has 2 aromatic rings. The Hall–Kier alpha value is -2.30. The van der Waals surface area contributed by atoms with E-state index in [0.717, 1.165) is 23.5 Å². The number of fused-ring (bicyclic) bond motifs is 1. The van der Waals surface area contributed by atoms with E-state index in [1.54, 1.807) is 7.11 Å². The second-order valence-electron chi connectivity index (χ2n) is 7.28. The smallest absolute Gasteiger partial charge is 0.132 e. The number of methoxy groups -OCH3 is 1. The summed E-state index contributed by atoms with van der Waals surface area (Å²) in [4.78, 5) is 0. The van der Waals surface area contributed by atoms with Gasteiger partial charge in [0.25, 0.3) is 0 Å². The van der Waals surface area contributed by atoms with Crippen LogP contribution in [0.4, 0.5) is 5.69 Å². The van der Waals surface area contributed by atoms with Gasteiger partial charge in [-0.05, 0) is 44.5 Å². The lowest BCUT2D eigenvalue weighted by atomic mass is 9.88. The zero-order valence-corrected chi connectivity index (χ0v) is 16.6. The number of ether oxygens (including phenoxy) is 3. The summed E-state index contributed by atoms with van der Waals surface area (Å²) in [7, 11) is 1.73. The van der Waals surface area contributed by atoms with Crippen LogP contribution in [0.15, 0.2) is 60.7 Å². The number of hydrogen-bond acceptors (Lipinski definition) is 4. The summed E-state index contributed by atoms with van der Waals surface area (Å²) in [5.41, 5.74) is 2.81. The number of rotatable bonds is 7. The van der Waals surface area contributed by atoms with Gasteiger partial charge in [0.2, 0.25) is 0 Å². The van der Waals surface area contributed by atoms with Crippen molar-refractivity contribution in [3.05, 3.63) is 71.8 Å². The Bertz CT molecular complexity index is 770. The minimum atomic E-state index is -0.478. The van der Waals surface area contributed by atoms with E-state index in [4.69, 9.17) is 14.2 Å². The van der Waals surface area contributed by atoms with Gasteiger partial charge in [0.1, 0.15) is 23.6 Å². The van der Waals surface area contributed by atoms with Gasteiger partial charge in [-0.15, -0.1) is 0 Å². The van der Waals surface area contributed by atoms with Crippen LogP contribution in [-0.4, -0.2) is 25.4 Å². The van der Waals surface area contributed by atoms with E-state index < -0.39 is 5.60 Å². The Morgan fingerprint density at radius 3 is 2.63 bits per heavy atom. The third kappa shape index (κ3) is 4.52. The van der Waals surface area contributed by atoms with Crippen LogP contribution in [0, 0.1) is 0 Å². The average molecular weight is 367 g/mol. The van der Waals surface area contributed by atoms with Crippen molar-refractivity contribution in [2.45, 2.75) is 45.1 Å². The molecular formula is C23H29NO3. The minimum Gasteiger partial charge on any atom is -0.485 e. The number of allylic oxidation sites excluding steroid dienone is 1. The van der Waals surface area contributed by atoms with E-state index in [2.05, 4.69) is 23.5 Å². The molecule has 0 aromatic heterocycles. The third-order valence-electron chi connectivity index (χ3n) is 4.85. The molecule has 1 aliphatic rings. The van der Waals surface area contributed by atoms with E-state index in [-0.39, 0.29) is 12.2 Å². The molecule has 0 radical (unpaired) electrons. The summed E-state index contributed by atoms with van der Waals surface area (Å²) in [6.45, 7) is 7.38. The second kappa shape index (κ2) is 8.59. The summed E-state index contributed by atoms with van der Waals surface area (Å²) in [5, 5.41) is 3.48. The Labute approximate surface area is 162 Å². The Morgan fingerprint density at radius 2 is 1.93 bits per heavy atom. The van der Waals surface area contributed by atoms with Crippen molar-refractivity contribution in [3.63, 3.8) is 0 Å². The number of hydrogen-bond donors (Lipinski definition) is 1. The average Bonchev–Trinajstić information content (AvgIpc) is 2.67. The van der Waals surface area contributed by atoms with Gasteiger partial charge < -0.3 is 19.5 Å². The van der Waals surface area contributed by atoms with Gasteiger partial charge >= 0.3 is 0 Å². The van der Waals surface area contributed by atoms with Gasteiger partial charge in [0, 0.05) is 24.9 Å². The fourth-order valence-corrected chi connectivity index (χ4v) is 3.44. The number of nitrogens with one attached hydrogen (secondary N) is 1. The lowest BCUT2D eigenvalue weighted by Crippen LogP contribution is -2.50. The monoisotopic (exact) mass is 367 g/mol. The van der Waals surface area contributed by atoms with E-state index in [0.29, 0.717) is 6.61 Å². The molecule has 1 heterocycles. The molecule has 0 bridgehead atoms. The van der Waals surface area contributed by atoms with Crippen LogP contribution in [0.25, 0.3) is 0 Å². The lowest BCUT2D eigenvalue weighted by Gasteiger charge is -2.43. The fourth-order valence-electron chi connectivity index (χ4n) is 3.44. The highest BCUT2D eigenvalue weighted by molar-refractivity contribution is 5.53. The largest absolute Gasteiger partial charge is 0.485 e. The number of anilines is 1. The molecule has 2 unspecified atom stereocenters. The van der Waals surface area contributed by atoms with Crippen LogP contribution < -0.4 is 10.1 Å². The van der Waals surface area contributed by atoms with Gasteiger partial charge in [-0.1, -0.05) is 42.5 Å². The molecule has 1 N–H and O–H groups in total. The van der Waals surface area contributed by atoms with Crippen molar-refractivity contribution in [2.75, 3.05) is 19.0 Å². The van der Waals surface area contributed by atoms with Crippen molar-refractivity contribution >= 4 is 5.69 Å². The van der Waals surface area contributed by atoms with Crippen LogP contribution in [0.3, 0.4) is 0 Å². The van der Waals surface area contributed by atoms with Crippen LogP contribution in [0.2, 0.25) is 0 Å². The van der Waals surface area contributed by atoms with Crippen LogP contribution in [0.1, 0.15) is 38.0 Å². The van der Waals surface area contributed by atoms with E-state index in [9.17, 15) is 0 Å². The van der Waals surface area contributed by atoms with Crippen molar-refractivity contribution in [2.24, 2.45) is 0 Å². The van der Waals surface area contributed by atoms with E-state index in [1.165, 1.54) is 5.56 Å². The zero-order valence-electron chi connectivity index (χ0n) is 16.6. The molecule has 2 atom stereocenters. The fraction of sp³-hybridized carbons (Fsp3) is 0.391. The summed E-state index contributed by atoms with van der Waals surface area (Å²) >= 11 is 0. The topological polar surface area (TPSA) is 39.7 Å². The molecule has 27 heavy (non-hydrogen) atoms. The molecule has 0 fully saturated rings. The van der Waals surface area contributed by atoms with Gasteiger partial charge in [-0.3, -0.25) is 0 Å². The maximum Gasteiger partial charge on any atom is 0.132 e. The van der Waals surface area contributed by atoms with Crippen molar-refractivity contribution < 1.29 is 14.2 Å². The van der Waals surface area contributed by atoms with Gasteiger partial charge in [0.15, 0.2) is 0 Å². The lowest BCUT2D eigenvalue weighted by molar-refractivity contribution is -0.148. The quantitative estimate of drug-likeness (QED) is 0.690. The van der Waals surface area contributed by atoms with Crippen LogP contribution in [-0.2, 0) is 16.0 Å². The maximum absolute atomic E-state index is 6.26. The maximum atomic E-state index is 6.26. The first kappa shape index (κ1) is 19.5. The summed E-state index contributed by atoms with van der Waals surface area (Å²) in [6, 6.07) is 16.5. The molecule has 4 nitrogen and oxygen atoms in total. The summed E-state index contributed by atoms with van der Waals surface area (Å²) in [6.07, 6.45) is 3.59. The van der Waals surface area contributed by atoms with E-state index in [1.807, 2.05) is 63.3 Å². The minimum absolute atomic E-state index is 0.188. The molecule has 0 saturated carbocycles. The van der Waals surface area contributed by atoms with Crippen LogP contribution >= 0.6 is 0 Å². The van der Waals surface area contributed by atoms with Crippen molar-refractivity contribution in [1.29, 1.82) is 0 Å². The van der Waals surface area contributed by atoms with Crippen LogP contribution in [0.5, 0.6) is 5.75 Å². The van der Waals surface area contributed by atoms with Gasteiger partial charge in [-0.25, -0.2) is 0 Å². The van der Waals surface area contributed by atoms with Crippen molar-refractivity contribution in [1.82, 2.24) is 0 Å². The standard InChI is InChI=1S/C23H29NO3/c1-5-6-14-26-22-21(25-4)19-15-18(12-13-20(19)27-23(22,2)3)24-16-17-10-8-7-9-11-17/h5-13,15,21-22,24H,14,16H2,1-4H3. The molecule has 0 aliphatic carbocycles. The van der Waals surface area contributed by atoms with Crippen molar-refractivity contribution in [3.8, 4) is 5.75 Å². The Balaban J connectivity index is 1.82. The van der Waals surface area contributed by atoms with E-state index >= 15 is 0 Å². The Morgan fingerprint density at radius 1 is 1.15 bits per heavy atom. The molecule has 2 aromatic carbocycles. The van der Waals surface area contributed by atoms with Gasteiger partial charge in [0.05, 0.1) is 6.61 Å². The normalized spacial score (nSPS) is 20.9. The molecule has 144 valence electrons. The second-order valence-corrected chi connectivity index (χ2v) is 7.28. The molecule has 4 heteroatoms. The molecule has 1 aliphatic heterocycles. The Kier molecular flexibility index (Phi) is 6.19. The highest BCUT2D eigenvalue weighted by Crippen LogP contribution is 2.44. The molecule has 0 amide bonds. The SMILES string of the molecule is CC=CCOC1C(OC)c2cc(NCc3ccccc3)ccc2OC1(C)C.